The van der Waals surface area contributed by atoms with Crippen molar-refractivity contribution in [3.63, 3.8) is 0 Å². The van der Waals surface area contributed by atoms with Crippen molar-refractivity contribution in [1.82, 2.24) is 4.90 Å². The Labute approximate surface area is 125 Å². The average Bonchev–Trinajstić information content (AvgIpc) is 2.49. The molecule has 21 heavy (non-hydrogen) atoms. The fourth-order valence-electron chi connectivity index (χ4n) is 2.46. The number of benzene rings is 1. The van der Waals surface area contributed by atoms with Crippen molar-refractivity contribution in [2.45, 2.75) is 33.1 Å². The predicted octanol–water partition coefficient (Wildman–Crippen LogP) is 3.30. The molecular weight excluding hydrogens is 266 g/mol. The Hall–Kier alpha value is -2.04. The molecule has 0 aromatic heterocycles. The third-order valence-corrected chi connectivity index (χ3v) is 3.69. The van der Waals surface area contributed by atoms with Gasteiger partial charge < -0.3 is 15.5 Å². The maximum atomic E-state index is 12.2. The van der Waals surface area contributed by atoms with Gasteiger partial charge in [0.25, 0.3) is 0 Å². The van der Waals surface area contributed by atoms with Gasteiger partial charge in [0.15, 0.2) is 0 Å². The number of carbonyl (C=O) groups is 2. The van der Waals surface area contributed by atoms with Gasteiger partial charge in [-0.3, -0.25) is 4.79 Å². The lowest BCUT2D eigenvalue weighted by atomic mass is 10.0. The lowest BCUT2D eigenvalue weighted by molar-refractivity contribution is -0.115. The zero-order valence-corrected chi connectivity index (χ0v) is 12.7. The van der Waals surface area contributed by atoms with Crippen molar-refractivity contribution >= 4 is 23.3 Å². The van der Waals surface area contributed by atoms with Crippen LogP contribution in [0.3, 0.4) is 0 Å². The number of nitrogens with zero attached hydrogens (tertiary/aromatic N) is 1. The van der Waals surface area contributed by atoms with E-state index in [1.807, 2.05) is 11.8 Å². The predicted molar refractivity (Wildman–Crippen MR) is 84.4 cm³/mol. The van der Waals surface area contributed by atoms with Gasteiger partial charge in [0.2, 0.25) is 5.91 Å². The third-order valence-electron chi connectivity index (χ3n) is 3.69. The van der Waals surface area contributed by atoms with Crippen LogP contribution in [-0.4, -0.2) is 29.9 Å². The van der Waals surface area contributed by atoms with Gasteiger partial charge in [-0.2, -0.15) is 0 Å². The van der Waals surface area contributed by atoms with Gasteiger partial charge in [-0.1, -0.05) is 13.8 Å². The van der Waals surface area contributed by atoms with E-state index in [4.69, 9.17) is 0 Å². The van der Waals surface area contributed by atoms with Crippen molar-refractivity contribution in [3.05, 3.63) is 24.3 Å². The molecule has 0 saturated carbocycles. The number of hydrogen-bond donors (Lipinski definition) is 2. The quantitative estimate of drug-likeness (QED) is 0.897. The first-order chi connectivity index (χ1) is 10.1. The number of piperidine rings is 1. The summed E-state index contributed by atoms with van der Waals surface area (Å²) in [6.07, 6.45) is 2.71. The van der Waals surface area contributed by atoms with Gasteiger partial charge in [-0.15, -0.1) is 0 Å². The van der Waals surface area contributed by atoms with E-state index in [2.05, 4.69) is 17.6 Å². The van der Waals surface area contributed by atoms with Gasteiger partial charge in [0.05, 0.1) is 0 Å². The fourth-order valence-corrected chi connectivity index (χ4v) is 2.46. The van der Waals surface area contributed by atoms with Crippen molar-refractivity contribution < 1.29 is 9.59 Å². The summed E-state index contributed by atoms with van der Waals surface area (Å²) in [5.41, 5.74) is 1.49. The molecule has 0 aliphatic carbocycles. The molecule has 1 atom stereocenters. The van der Waals surface area contributed by atoms with Gasteiger partial charge >= 0.3 is 6.03 Å². The zero-order valence-electron chi connectivity index (χ0n) is 12.7. The van der Waals surface area contributed by atoms with Gasteiger partial charge in [-0.05, 0) is 43.0 Å². The van der Waals surface area contributed by atoms with Crippen LogP contribution in [0.15, 0.2) is 24.3 Å². The number of likely N-dealkylation sites (tertiary alicyclic amines) is 1. The lowest BCUT2D eigenvalue weighted by Crippen LogP contribution is -2.41. The molecule has 1 aliphatic rings. The van der Waals surface area contributed by atoms with Crippen molar-refractivity contribution in [2.75, 3.05) is 23.7 Å². The van der Waals surface area contributed by atoms with Crippen LogP contribution in [0.4, 0.5) is 16.2 Å². The minimum atomic E-state index is -0.0492. The largest absolute Gasteiger partial charge is 0.326 e. The number of carbonyl (C=O) groups excluding carboxylic acids is 2. The Morgan fingerprint density at radius 3 is 2.38 bits per heavy atom. The average molecular weight is 289 g/mol. The van der Waals surface area contributed by atoms with E-state index >= 15 is 0 Å². The van der Waals surface area contributed by atoms with Crippen LogP contribution in [-0.2, 0) is 4.79 Å². The Kier molecular flexibility index (Phi) is 5.20. The van der Waals surface area contributed by atoms with E-state index in [-0.39, 0.29) is 11.9 Å². The number of hydrogen-bond acceptors (Lipinski definition) is 2. The summed E-state index contributed by atoms with van der Waals surface area (Å²) in [6.45, 7) is 5.62. The molecule has 1 aromatic rings. The molecule has 3 amide bonds. The van der Waals surface area contributed by atoms with Crippen molar-refractivity contribution in [3.8, 4) is 0 Å². The monoisotopic (exact) mass is 289 g/mol. The molecule has 1 heterocycles. The molecule has 114 valence electrons. The highest BCUT2D eigenvalue weighted by Crippen LogP contribution is 2.18. The number of nitrogens with one attached hydrogen (secondary N) is 2. The first-order valence-corrected chi connectivity index (χ1v) is 7.54. The fraction of sp³-hybridized carbons (Fsp3) is 0.500. The Bertz CT molecular complexity index is 499. The molecule has 1 aromatic carbocycles. The SMILES string of the molecule is CCC(=O)Nc1ccc(NC(=O)N2CCCC(C)C2)cc1. The van der Waals surface area contributed by atoms with Crippen LogP contribution in [0.5, 0.6) is 0 Å². The maximum Gasteiger partial charge on any atom is 0.321 e. The lowest BCUT2D eigenvalue weighted by Gasteiger charge is -2.30. The van der Waals surface area contributed by atoms with E-state index in [1.165, 1.54) is 6.42 Å². The summed E-state index contributed by atoms with van der Waals surface area (Å²) in [4.78, 5) is 25.3. The molecule has 1 aliphatic heterocycles. The van der Waals surface area contributed by atoms with Crippen molar-refractivity contribution in [2.24, 2.45) is 5.92 Å². The molecule has 2 N–H and O–H groups in total. The van der Waals surface area contributed by atoms with E-state index in [9.17, 15) is 9.59 Å². The Morgan fingerprint density at radius 1 is 1.19 bits per heavy atom. The minimum absolute atomic E-state index is 0.0194. The zero-order chi connectivity index (χ0) is 15.2. The highest BCUT2D eigenvalue weighted by atomic mass is 16.2. The van der Waals surface area contributed by atoms with Crippen LogP contribution in [0.25, 0.3) is 0 Å². The number of amides is 3. The molecule has 0 spiro atoms. The van der Waals surface area contributed by atoms with E-state index in [0.29, 0.717) is 12.3 Å². The van der Waals surface area contributed by atoms with Crippen molar-refractivity contribution in [1.29, 1.82) is 0 Å². The standard InChI is InChI=1S/C16H23N3O2/c1-3-15(20)17-13-6-8-14(9-7-13)18-16(21)19-10-4-5-12(2)11-19/h6-9,12H,3-5,10-11H2,1-2H3,(H,17,20)(H,18,21). The normalized spacial score (nSPS) is 18.2. The van der Waals surface area contributed by atoms with E-state index in [0.717, 1.165) is 30.9 Å². The summed E-state index contributed by atoms with van der Waals surface area (Å²) in [5, 5.41) is 5.68. The van der Waals surface area contributed by atoms with Gasteiger partial charge in [-0.25, -0.2) is 4.79 Å². The topological polar surface area (TPSA) is 61.4 Å². The minimum Gasteiger partial charge on any atom is -0.326 e. The second-order valence-corrected chi connectivity index (χ2v) is 5.60. The van der Waals surface area contributed by atoms with E-state index < -0.39 is 0 Å². The summed E-state index contributed by atoms with van der Waals surface area (Å²) >= 11 is 0. The smallest absolute Gasteiger partial charge is 0.321 e. The summed E-state index contributed by atoms with van der Waals surface area (Å²) in [6, 6.07) is 7.14. The second-order valence-electron chi connectivity index (χ2n) is 5.60. The van der Waals surface area contributed by atoms with Crippen LogP contribution in [0.1, 0.15) is 33.1 Å². The molecule has 0 bridgehead atoms. The molecule has 1 unspecified atom stereocenters. The second kappa shape index (κ2) is 7.11. The summed E-state index contributed by atoms with van der Waals surface area (Å²) < 4.78 is 0. The van der Waals surface area contributed by atoms with Gasteiger partial charge in [0, 0.05) is 30.9 Å². The molecule has 5 nitrogen and oxygen atoms in total. The highest BCUT2D eigenvalue weighted by molar-refractivity contribution is 5.92. The first kappa shape index (κ1) is 15.4. The molecule has 5 heteroatoms. The Balaban J connectivity index is 1.90. The van der Waals surface area contributed by atoms with Crippen LogP contribution < -0.4 is 10.6 Å². The molecule has 2 rings (SSSR count). The molecule has 1 fully saturated rings. The number of urea groups is 1. The third kappa shape index (κ3) is 4.48. The number of rotatable bonds is 3. The number of anilines is 2. The molecular formula is C16H23N3O2. The van der Waals surface area contributed by atoms with Crippen LogP contribution in [0.2, 0.25) is 0 Å². The maximum absolute atomic E-state index is 12.2. The molecule has 0 radical (unpaired) electrons. The van der Waals surface area contributed by atoms with Gasteiger partial charge in [0.1, 0.15) is 0 Å². The summed E-state index contributed by atoms with van der Waals surface area (Å²) in [5.74, 6) is 0.547. The highest BCUT2D eigenvalue weighted by Gasteiger charge is 2.20. The summed E-state index contributed by atoms with van der Waals surface area (Å²) in [7, 11) is 0. The molecule has 1 saturated heterocycles. The Morgan fingerprint density at radius 2 is 1.81 bits per heavy atom. The van der Waals surface area contributed by atoms with Crippen LogP contribution in [0, 0.1) is 5.92 Å². The van der Waals surface area contributed by atoms with E-state index in [1.54, 1.807) is 24.3 Å². The first-order valence-electron chi connectivity index (χ1n) is 7.54. The van der Waals surface area contributed by atoms with Crippen LogP contribution >= 0.6 is 0 Å².